The fourth-order valence-electron chi connectivity index (χ4n) is 3.05. The molecule has 3 rings (SSSR count). The number of rotatable bonds is 2. The minimum absolute atomic E-state index is 0.0673. The molecule has 1 aromatic carbocycles. The largest absolute Gasteiger partial charge is 0.295 e. The van der Waals surface area contributed by atoms with Gasteiger partial charge in [-0.05, 0) is 37.6 Å². The molecule has 0 radical (unpaired) electrons. The summed E-state index contributed by atoms with van der Waals surface area (Å²) in [5.41, 5.74) is 1.99. The van der Waals surface area contributed by atoms with Gasteiger partial charge < -0.3 is 0 Å². The fourth-order valence-corrected chi connectivity index (χ4v) is 4.71. The zero-order valence-corrected chi connectivity index (χ0v) is 12.4. The van der Waals surface area contributed by atoms with Crippen LogP contribution < -0.4 is 0 Å². The maximum Gasteiger partial charge on any atom is 0.243 e. The van der Waals surface area contributed by atoms with Gasteiger partial charge in [-0.2, -0.15) is 4.31 Å². The number of aryl methyl sites for hydroxylation is 1. The number of hydrogen-bond donors (Lipinski definition) is 0. The molecule has 0 saturated carbocycles. The van der Waals surface area contributed by atoms with Crippen LogP contribution >= 0.6 is 0 Å². The monoisotopic (exact) mass is 291 g/mol. The standard InChI is InChI=1S/C15H17NO3S/c1-10-3-5-14(6-4-10)20(18,19)16-9-12-7-13(17)8-15(12)11(16)2/h3-6,8,11-12H,7,9H2,1-2H3/t11-,12+/m1/s1. The van der Waals surface area contributed by atoms with Crippen molar-refractivity contribution in [2.24, 2.45) is 5.92 Å². The lowest BCUT2D eigenvalue weighted by Crippen LogP contribution is -2.34. The summed E-state index contributed by atoms with van der Waals surface area (Å²) in [5.74, 6) is 0.182. The highest BCUT2D eigenvalue weighted by atomic mass is 32.2. The first-order chi connectivity index (χ1) is 9.39. The lowest BCUT2D eigenvalue weighted by molar-refractivity contribution is -0.114. The van der Waals surface area contributed by atoms with E-state index in [0.717, 1.165) is 11.1 Å². The molecule has 1 heterocycles. The molecular weight excluding hydrogens is 274 g/mol. The van der Waals surface area contributed by atoms with E-state index in [0.29, 0.717) is 17.9 Å². The third-order valence-corrected chi connectivity index (χ3v) is 6.14. The summed E-state index contributed by atoms with van der Waals surface area (Å²) in [6.07, 6.45) is 2.07. The Bertz CT molecular complexity index is 688. The van der Waals surface area contributed by atoms with Gasteiger partial charge in [-0.25, -0.2) is 8.42 Å². The Morgan fingerprint density at radius 1 is 1.20 bits per heavy atom. The highest BCUT2D eigenvalue weighted by Gasteiger charge is 2.44. The molecule has 1 saturated heterocycles. The molecule has 2 atom stereocenters. The van der Waals surface area contributed by atoms with Gasteiger partial charge in [-0.1, -0.05) is 17.7 Å². The SMILES string of the molecule is Cc1ccc(S(=O)(=O)N2C[C@@H]3CC(=O)C=C3[C@H]2C)cc1. The van der Waals surface area contributed by atoms with Gasteiger partial charge in [-0.15, -0.1) is 0 Å². The Labute approximate surface area is 119 Å². The number of allylic oxidation sites excluding steroid dienone is 1. The first-order valence-corrected chi connectivity index (χ1v) is 8.16. The molecule has 0 unspecified atom stereocenters. The third kappa shape index (κ3) is 2.01. The smallest absolute Gasteiger partial charge is 0.243 e. The van der Waals surface area contributed by atoms with Gasteiger partial charge in [0.15, 0.2) is 5.78 Å². The molecule has 1 aliphatic heterocycles. The van der Waals surface area contributed by atoms with E-state index in [4.69, 9.17) is 0 Å². The molecule has 20 heavy (non-hydrogen) atoms. The minimum atomic E-state index is -3.48. The topological polar surface area (TPSA) is 54.5 Å². The highest BCUT2D eigenvalue weighted by molar-refractivity contribution is 7.89. The van der Waals surface area contributed by atoms with E-state index in [1.165, 1.54) is 4.31 Å². The predicted molar refractivity (Wildman–Crippen MR) is 75.7 cm³/mol. The van der Waals surface area contributed by atoms with Gasteiger partial charge in [0.05, 0.1) is 4.90 Å². The first kappa shape index (κ1) is 13.5. The van der Waals surface area contributed by atoms with E-state index in [1.807, 2.05) is 13.8 Å². The summed E-state index contributed by atoms with van der Waals surface area (Å²) in [6.45, 7) is 4.20. The van der Waals surface area contributed by atoms with Crippen LogP contribution in [0.5, 0.6) is 0 Å². The minimum Gasteiger partial charge on any atom is -0.295 e. The summed E-state index contributed by atoms with van der Waals surface area (Å²) < 4.78 is 26.9. The second-order valence-corrected chi connectivity index (χ2v) is 7.47. The second kappa shape index (κ2) is 4.53. The van der Waals surface area contributed by atoms with Crippen molar-refractivity contribution < 1.29 is 13.2 Å². The van der Waals surface area contributed by atoms with Crippen LogP contribution in [-0.2, 0) is 14.8 Å². The number of ketones is 1. The normalized spacial score (nSPS) is 26.7. The first-order valence-electron chi connectivity index (χ1n) is 6.72. The van der Waals surface area contributed by atoms with Gasteiger partial charge in [0.1, 0.15) is 0 Å². The van der Waals surface area contributed by atoms with Crippen LogP contribution in [0.2, 0.25) is 0 Å². The van der Waals surface area contributed by atoms with Crippen LogP contribution in [0, 0.1) is 12.8 Å². The van der Waals surface area contributed by atoms with E-state index in [-0.39, 0.29) is 17.7 Å². The quantitative estimate of drug-likeness (QED) is 0.836. The van der Waals surface area contributed by atoms with Crippen LogP contribution in [0.3, 0.4) is 0 Å². The Hall–Kier alpha value is -1.46. The van der Waals surface area contributed by atoms with Crippen molar-refractivity contribution in [1.82, 2.24) is 4.31 Å². The summed E-state index contributed by atoms with van der Waals surface area (Å²) in [7, 11) is -3.48. The summed E-state index contributed by atoms with van der Waals surface area (Å²) >= 11 is 0. The van der Waals surface area contributed by atoms with Gasteiger partial charge in [0.2, 0.25) is 10.0 Å². The van der Waals surface area contributed by atoms with Crippen LogP contribution in [0.25, 0.3) is 0 Å². The van der Waals surface area contributed by atoms with Gasteiger partial charge in [0, 0.05) is 24.9 Å². The molecule has 0 amide bonds. The average Bonchev–Trinajstić information content (AvgIpc) is 2.89. The Morgan fingerprint density at radius 2 is 1.85 bits per heavy atom. The molecule has 0 aromatic heterocycles. The maximum atomic E-state index is 12.7. The molecule has 1 aromatic rings. The van der Waals surface area contributed by atoms with Crippen LogP contribution in [0.4, 0.5) is 0 Å². The lowest BCUT2D eigenvalue weighted by atomic mass is 10.0. The molecule has 0 spiro atoms. The van der Waals surface area contributed by atoms with Crippen molar-refractivity contribution in [2.45, 2.75) is 31.2 Å². The molecule has 1 aliphatic carbocycles. The van der Waals surface area contributed by atoms with E-state index in [2.05, 4.69) is 0 Å². The highest BCUT2D eigenvalue weighted by Crippen LogP contribution is 2.38. The summed E-state index contributed by atoms with van der Waals surface area (Å²) in [5, 5.41) is 0. The fraction of sp³-hybridized carbons (Fsp3) is 0.400. The maximum absolute atomic E-state index is 12.7. The van der Waals surface area contributed by atoms with E-state index in [9.17, 15) is 13.2 Å². The molecule has 5 heteroatoms. The Morgan fingerprint density at radius 3 is 2.45 bits per heavy atom. The van der Waals surface area contributed by atoms with Gasteiger partial charge in [-0.3, -0.25) is 4.79 Å². The molecule has 1 fully saturated rings. The number of carbonyl (C=O) groups excluding carboxylic acids is 1. The van der Waals surface area contributed by atoms with E-state index >= 15 is 0 Å². The molecule has 4 nitrogen and oxygen atoms in total. The third-order valence-electron chi connectivity index (χ3n) is 4.19. The molecule has 106 valence electrons. The van der Waals surface area contributed by atoms with Crippen molar-refractivity contribution >= 4 is 15.8 Å². The Balaban J connectivity index is 1.95. The van der Waals surface area contributed by atoms with Crippen LogP contribution in [-0.4, -0.2) is 31.1 Å². The van der Waals surface area contributed by atoms with Crippen LogP contribution in [0.15, 0.2) is 40.8 Å². The molecule has 0 N–H and O–H groups in total. The second-order valence-electron chi connectivity index (χ2n) is 5.58. The summed E-state index contributed by atoms with van der Waals surface area (Å²) in [6, 6.07) is 6.67. The van der Waals surface area contributed by atoms with Crippen molar-refractivity contribution in [3.63, 3.8) is 0 Å². The number of benzene rings is 1. The Kier molecular flexibility index (Phi) is 3.06. The number of carbonyl (C=O) groups is 1. The van der Waals surface area contributed by atoms with Crippen molar-refractivity contribution in [2.75, 3.05) is 6.54 Å². The number of nitrogens with zero attached hydrogens (tertiary/aromatic N) is 1. The summed E-state index contributed by atoms with van der Waals surface area (Å²) in [4.78, 5) is 11.7. The number of fused-ring (bicyclic) bond motifs is 1. The molecular formula is C15H17NO3S. The van der Waals surface area contributed by atoms with E-state index < -0.39 is 10.0 Å². The lowest BCUT2D eigenvalue weighted by Gasteiger charge is -2.21. The van der Waals surface area contributed by atoms with Crippen molar-refractivity contribution in [1.29, 1.82) is 0 Å². The van der Waals surface area contributed by atoms with Crippen molar-refractivity contribution in [3.8, 4) is 0 Å². The van der Waals surface area contributed by atoms with Gasteiger partial charge >= 0.3 is 0 Å². The van der Waals surface area contributed by atoms with Crippen LogP contribution in [0.1, 0.15) is 18.9 Å². The number of sulfonamides is 1. The number of hydrogen-bond acceptors (Lipinski definition) is 3. The van der Waals surface area contributed by atoms with E-state index in [1.54, 1.807) is 30.3 Å². The van der Waals surface area contributed by atoms with Gasteiger partial charge in [0.25, 0.3) is 0 Å². The molecule has 0 bridgehead atoms. The molecule has 2 aliphatic rings. The zero-order valence-electron chi connectivity index (χ0n) is 11.5. The zero-order chi connectivity index (χ0) is 14.5. The van der Waals surface area contributed by atoms with Crippen molar-refractivity contribution in [3.05, 3.63) is 41.5 Å². The average molecular weight is 291 g/mol. The predicted octanol–water partition coefficient (Wildman–Crippen LogP) is 1.90.